The standard InChI is InChI=1S/C16H15F3N4O.C14H12BrF3N4O/c1-2-10-8-13-12(9-11(10)16(17,18)19)22-14(20-4-3-7-24)15-21-5-6-23(13)15;15-9-7-11-10(6-8(9)14(16,17)18)21-12(19-2-1-5-23)13-20-3-4-22(11)13/h2,5-6,8-9,24H,1,3-4,7H2,(H,20,22);3-4,6-7,23H,1-2,5H2,(H,19,21). The van der Waals surface area contributed by atoms with Crippen LogP contribution >= 0.6 is 15.9 Å². The number of hydrogen-bond acceptors (Lipinski definition) is 8. The van der Waals surface area contributed by atoms with Gasteiger partial charge in [0.15, 0.2) is 22.9 Å². The number of anilines is 2. The molecule has 6 aromatic rings. The number of aromatic nitrogens is 6. The first-order valence-corrected chi connectivity index (χ1v) is 14.9. The predicted octanol–water partition coefficient (Wildman–Crippen LogP) is 6.80. The molecule has 0 aliphatic carbocycles. The monoisotopic (exact) mass is 724 g/mol. The van der Waals surface area contributed by atoms with Crippen LogP contribution in [0.1, 0.15) is 29.5 Å². The largest absolute Gasteiger partial charge is 0.417 e. The highest BCUT2D eigenvalue weighted by molar-refractivity contribution is 9.10. The normalized spacial score (nSPS) is 12.1. The van der Waals surface area contributed by atoms with E-state index in [2.05, 4.69) is 53.1 Å². The number of halogens is 7. The molecule has 0 radical (unpaired) electrons. The molecule has 0 aliphatic rings. The molecule has 4 aromatic heterocycles. The number of fused-ring (bicyclic) bond motifs is 6. The first-order chi connectivity index (χ1) is 22.4. The molecule has 0 atom stereocenters. The minimum Gasteiger partial charge on any atom is -0.396 e. The highest BCUT2D eigenvalue weighted by Crippen LogP contribution is 2.38. The number of aliphatic hydroxyl groups excluding tert-OH is 2. The predicted molar refractivity (Wildman–Crippen MR) is 169 cm³/mol. The van der Waals surface area contributed by atoms with Crippen LogP contribution < -0.4 is 10.6 Å². The Morgan fingerprint density at radius 3 is 1.66 bits per heavy atom. The highest BCUT2D eigenvalue weighted by atomic mass is 79.9. The summed E-state index contributed by atoms with van der Waals surface area (Å²) < 4.78 is 82.2. The molecule has 0 aliphatic heterocycles. The van der Waals surface area contributed by atoms with E-state index in [0.717, 1.165) is 12.1 Å². The summed E-state index contributed by atoms with van der Waals surface area (Å²) in [6.07, 6.45) is -0.350. The number of nitrogens with one attached hydrogen (secondary N) is 2. The lowest BCUT2D eigenvalue weighted by Crippen LogP contribution is -2.10. The number of hydrogen-bond donors (Lipinski definition) is 4. The molecular formula is C30H27BrF6N8O2. The fourth-order valence-electron chi connectivity index (χ4n) is 4.84. The van der Waals surface area contributed by atoms with E-state index in [1.807, 2.05) is 0 Å². The zero-order chi connectivity index (χ0) is 33.9. The van der Waals surface area contributed by atoms with E-state index in [0.29, 0.717) is 59.9 Å². The van der Waals surface area contributed by atoms with E-state index in [9.17, 15) is 26.3 Å². The maximum absolute atomic E-state index is 13.2. The molecule has 47 heavy (non-hydrogen) atoms. The van der Waals surface area contributed by atoms with Crippen molar-refractivity contribution in [2.75, 3.05) is 36.9 Å². The van der Waals surface area contributed by atoms with Crippen LogP contribution in [-0.4, -0.2) is 65.3 Å². The van der Waals surface area contributed by atoms with Crippen molar-refractivity contribution in [3.05, 3.63) is 76.8 Å². The van der Waals surface area contributed by atoms with Crippen molar-refractivity contribution < 1.29 is 36.6 Å². The summed E-state index contributed by atoms with van der Waals surface area (Å²) in [5.41, 5.74) is 0.896. The second-order valence-electron chi connectivity index (χ2n) is 10.1. The van der Waals surface area contributed by atoms with Gasteiger partial charge in [-0.05, 0) is 42.7 Å². The van der Waals surface area contributed by atoms with E-state index < -0.39 is 23.5 Å². The molecule has 0 unspecified atom stereocenters. The van der Waals surface area contributed by atoms with Gasteiger partial charge >= 0.3 is 12.4 Å². The lowest BCUT2D eigenvalue weighted by molar-refractivity contribution is -0.138. The minimum absolute atomic E-state index is 0.00617. The second-order valence-corrected chi connectivity index (χ2v) is 11.0. The van der Waals surface area contributed by atoms with Crippen molar-refractivity contribution in [3.63, 3.8) is 0 Å². The molecule has 17 heteroatoms. The fraction of sp³-hybridized carbons (Fsp3) is 0.267. The van der Waals surface area contributed by atoms with Crippen molar-refractivity contribution in [3.8, 4) is 0 Å². The minimum atomic E-state index is -4.49. The summed E-state index contributed by atoms with van der Waals surface area (Å²) >= 11 is 2.97. The number of alkyl halides is 6. The van der Waals surface area contributed by atoms with E-state index in [1.54, 1.807) is 33.6 Å². The van der Waals surface area contributed by atoms with E-state index in [4.69, 9.17) is 10.2 Å². The lowest BCUT2D eigenvalue weighted by atomic mass is 10.1. The van der Waals surface area contributed by atoms with Crippen LogP contribution in [0, 0.1) is 0 Å². The Morgan fingerprint density at radius 1 is 0.745 bits per heavy atom. The van der Waals surface area contributed by atoms with Gasteiger partial charge in [-0.3, -0.25) is 8.80 Å². The zero-order valence-corrected chi connectivity index (χ0v) is 26.0. The molecule has 0 saturated heterocycles. The molecule has 248 valence electrons. The van der Waals surface area contributed by atoms with E-state index in [-0.39, 0.29) is 34.3 Å². The van der Waals surface area contributed by atoms with Crippen LogP contribution in [-0.2, 0) is 12.4 Å². The highest BCUT2D eigenvalue weighted by Gasteiger charge is 2.34. The molecule has 10 nitrogen and oxygen atoms in total. The third kappa shape index (κ3) is 7.11. The second kappa shape index (κ2) is 13.7. The molecule has 0 fully saturated rings. The molecule has 0 amide bonds. The van der Waals surface area contributed by atoms with Crippen LogP contribution in [0.4, 0.5) is 38.0 Å². The third-order valence-corrected chi connectivity index (χ3v) is 7.64. The lowest BCUT2D eigenvalue weighted by Gasteiger charge is -2.14. The molecule has 4 N–H and O–H groups in total. The summed E-state index contributed by atoms with van der Waals surface area (Å²) in [6, 6.07) is 4.82. The Hall–Kier alpha value is -4.48. The number of rotatable bonds is 9. The Bertz CT molecular complexity index is 2060. The topological polar surface area (TPSA) is 125 Å². The zero-order valence-electron chi connectivity index (χ0n) is 24.4. The first kappa shape index (κ1) is 33.9. The van der Waals surface area contributed by atoms with Crippen LogP contribution in [0.5, 0.6) is 0 Å². The molecule has 6 rings (SSSR count). The van der Waals surface area contributed by atoms with Crippen molar-refractivity contribution in [2.45, 2.75) is 25.2 Å². The molecule has 2 aromatic carbocycles. The average Bonchev–Trinajstić information content (AvgIpc) is 3.71. The van der Waals surface area contributed by atoms with E-state index >= 15 is 0 Å². The maximum Gasteiger partial charge on any atom is 0.417 e. The quantitative estimate of drug-likeness (QED) is 0.0949. The summed E-state index contributed by atoms with van der Waals surface area (Å²) in [6.45, 7) is 4.37. The molecular weight excluding hydrogens is 698 g/mol. The Kier molecular flexibility index (Phi) is 9.88. The Balaban J connectivity index is 0.000000185. The van der Waals surface area contributed by atoms with Crippen molar-refractivity contribution in [1.29, 1.82) is 0 Å². The van der Waals surface area contributed by atoms with Crippen molar-refractivity contribution in [1.82, 2.24) is 28.7 Å². The average molecular weight is 725 g/mol. The van der Waals surface area contributed by atoms with Gasteiger partial charge in [0, 0.05) is 55.6 Å². The fourth-order valence-corrected chi connectivity index (χ4v) is 5.39. The van der Waals surface area contributed by atoms with Crippen LogP contribution in [0.25, 0.3) is 39.4 Å². The van der Waals surface area contributed by atoms with Gasteiger partial charge in [-0.2, -0.15) is 26.3 Å². The third-order valence-electron chi connectivity index (χ3n) is 6.99. The van der Waals surface area contributed by atoms with Gasteiger partial charge in [0.1, 0.15) is 0 Å². The Labute approximate surface area is 270 Å². The van der Waals surface area contributed by atoms with E-state index in [1.165, 1.54) is 18.2 Å². The molecule has 0 saturated carbocycles. The first-order valence-electron chi connectivity index (χ1n) is 14.1. The van der Waals surface area contributed by atoms with Crippen LogP contribution in [0.15, 0.2) is 60.1 Å². The number of imidazole rings is 2. The Morgan fingerprint density at radius 2 is 1.21 bits per heavy atom. The maximum atomic E-state index is 13.2. The van der Waals surface area contributed by atoms with Crippen LogP contribution in [0.3, 0.4) is 0 Å². The van der Waals surface area contributed by atoms with Gasteiger partial charge in [0.05, 0.1) is 33.2 Å². The molecule has 4 heterocycles. The van der Waals surface area contributed by atoms with Crippen molar-refractivity contribution >= 4 is 67.0 Å². The summed E-state index contributed by atoms with van der Waals surface area (Å²) in [7, 11) is 0. The number of nitrogens with zero attached hydrogens (tertiary/aromatic N) is 6. The van der Waals surface area contributed by atoms with Gasteiger partial charge in [0.25, 0.3) is 0 Å². The molecule has 0 bridgehead atoms. The smallest absolute Gasteiger partial charge is 0.396 e. The van der Waals surface area contributed by atoms with Gasteiger partial charge in [-0.25, -0.2) is 19.9 Å². The van der Waals surface area contributed by atoms with Gasteiger partial charge in [-0.15, -0.1) is 0 Å². The molecule has 0 spiro atoms. The van der Waals surface area contributed by atoms with Crippen molar-refractivity contribution in [2.24, 2.45) is 0 Å². The SMILES string of the molecule is C=Cc1cc2c(cc1C(F)(F)F)nc(NCCCO)c1nccn12.OCCCNc1nc2cc(C(F)(F)F)c(Br)cc2n2ccnc12. The number of aliphatic hydroxyl groups is 2. The summed E-state index contributed by atoms with van der Waals surface area (Å²) in [5.74, 6) is 0.756. The van der Waals surface area contributed by atoms with Gasteiger partial charge in [-0.1, -0.05) is 28.6 Å². The van der Waals surface area contributed by atoms with Crippen LogP contribution in [0.2, 0.25) is 0 Å². The summed E-state index contributed by atoms with van der Waals surface area (Å²) in [5, 5.41) is 23.7. The number of benzene rings is 2. The van der Waals surface area contributed by atoms with Gasteiger partial charge in [0.2, 0.25) is 0 Å². The summed E-state index contributed by atoms with van der Waals surface area (Å²) in [4.78, 5) is 16.9. The van der Waals surface area contributed by atoms with Gasteiger partial charge < -0.3 is 20.8 Å².